The van der Waals surface area contributed by atoms with Crippen molar-refractivity contribution >= 4 is 0 Å². The third kappa shape index (κ3) is 3.93. The van der Waals surface area contributed by atoms with Gasteiger partial charge in [0, 0.05) is 12.6 Å². The van der Waals surface area contributed by atoms with Gasteiger partial charge in [-0.3, -0.25) is 4.90 Å². The summed E-state index contributed by atoms with van der Waals surface area (Å²) in [5.41, 5.74) is 7.21. The Kier molecular flexibility index (Phi) is 5.19. The minimum absolute atomic E-state index is 0.0527. The second-order valence-corrected chi connectivity index (χ2v) is 5.31. The van der Waals surface area contributed by atoms with Crippen molar-refractivity contribution in [2.24, 2.45) is 11.7 Å². The van der Waals surface area contributed by atoms with Gasteiger partial charge in [-0.05, 0) is 49.5 Å². The molecule has 4 nitrogen and oxygen atoms in total. The average molecular weight is 264 g/mol. The molecule has 0 radical (unpaired) electrons. The summed E-state index contributed by atoms with van der Waals surface area (Å²) >= 11 is 0. The summed E-state index contributed by atoms with van der Waals surface area (Å²) < 4.78 is 5.16. The molecular weight excluding hydrogens is 240 g/mol. The van der Waals surface area contributed by atoms with Gasteiger partial charge in [-0.15, -0.1) is 0 Å². The number of hydrogen-bond donors (Lipinski definition) is 2. The van der Waals surface area contributed by atoms with E-state index in [1.54, 1.807) is 7.11 Å². The van der Waals surface area contributed by atoms with Crippen LogP contribution in [0.2, 0.25) is 0 Å². The molecule has 1 fully saturated rings. The number of aliphatic hydroxyl groups excluding tert-OH is 1. The summed E-state index contributed by atoms with van der Waals surface area (Å²) in [5.74, 6) is 1.37. The van der Waals surface area contributed by atoms with Crippen molar-refractivity contribution < 1.29 is 9.84 Å². The lowest BCUT2D eigenvalue weighted by Gasteiger charge is -2.34. The van der Waals surface area contributed by atoms with Gasteiger partial charge >= 0.3 is 0 Å². The van der Waals surface area contributed by atoms with Gasteiger partial charge in [-0.1, -0.05) is 12.1 Å². The Morgan fingerprint density at radius 1 is 1.32 bits per heavy atom. The number of nitrogens with zero attached hydrogens (tertiary/aromatic N) is 1. The third-order valence-corrected chi connectivity index (χ3v) is 4.01. The number of piperidine rings is 1. The van der Waals surface area contributed by atoms with Crippen molar-refractivity contribution in [1.82, 2.24) is 4.90 Å². The second-order valence-electron chi connectivity index (χ2n) is 5.31. The van der Waals surface area contributed by atoms with Crippen LogP contribution in [-0.2, 0) is 6.54 Å². The minimum atomic E-state index is -0.0527. The van der Waals surface area contributed by atoms with Gasteiger partial charge in [0.05, 0.1) is 13.7 Å². The van der Waals surface area contributed by atoms with Crippen LogP contribution in [0.25, 0.3) is 0 Å². The van der Waals surface area contributed by atoms with Crippen LogP contribution in [-0.4, -0.2) is 42.9 Å². The molecule has 19 heavy (non-hydrogen) atoms. The summed E-state index contributed by atoms with van der Waals surface area (Å²) in [6.07, 6.45) is 2.16. The molecular formula is C15H24N2O2. The molecule has 0 aromatic heterocycles. The van der Waals surface area contributed by atoms with Crippen LogP contribution in [0, 0.1) is 5.92 Å². The molecule has 0 spiro atoms. The second kappa shape index (κ2) is 6.89. The normalized spacial score (nSPS) is 19.3. The minimum Gasteiger partial charge on any atom is -0.497 e. The molecule has 1 aliphatic heterocycles. The Bertz CT molecular complexity index is 372. The molecule has 3 N–H and O–H groups in total. The molecule has 0 amide bonds. The maximum absolute atomic E-state index is 9.09. The van der Waals surface area contributed by atoms with E-state index < -0.39 is 0 Å². The lowest BCUT2D eigenvalue weighted by atomic mass is 9.90. The predicted octanol–water partition coefficient (Wildman–Crippen LogP) is 1.23. The van der Waals surface area contributed by atoms with Crippen molar-refractivity contribution in [1.29, 1.82) is 0 Å². The summed E-state index contributed by atoms with van der Waals surface area (Å²) in [6.45, 7) is 3.20. The van der Waals surface area contributed by atoms with Crippen molar-refractivity contribution in [2.75, 3.05) is 26.8 Å². The molecule has 4 heteroatoms. The van der Waals surface area contributed by atoms with Crippen LogP contribution >= 0.6 is 0 Å². The number of likely N-dealkylation sites (tertiary alicyclic amines) is 1. The average Bonchev–Trinajstić information content (AvgIpc) is 2.48. The Morgan fingerprint density at radius 2 is 1.95 bits per heavy atom. The molecule has 1 aromatic carbocycles. The van der Waals surface area contributed by atoms with Crippen LogP contribution in [0.15, 0.2) is 24.3 Å². The molecule has 1 atom stereocenters. The molecule has 2 rings (SSSR count). The quantitative estimate of drug-likeness (QED) is 0.840. The number of ether oxygens (including phenoxy) is 1. The monoisotopic (exact) mass is 264 g/mol. The van der Waals surface area contributed by atoms with Crippen LogP contribution in [0.1, 0.15) is 18.4 Å². The molecule has 1 saturated heterocycles. The van der Waals surface area contributed by atoms with Gasteiger partial charge < -0.3 is 15.6 Å². The number of rotatable bonds is 5. The SMILES string of the molecule is COc1ccc(CN2CCC(C(N)CO)CC2)cc1. The first-order chi connectivity index (χ1) is 9.22. The maximum Gasteiger partial charge on any atom is 0.118 e. The molecule has 0 aliphatic carbocycles. The van der Waals surface area contributed by atoms with E-state index in [1.165, 1.54) is 5.56 Å². The topological polar surface area (TPSA) is 58.7 Å². The number of aliphatic hydroxyl groups is 1. The fourth-order valence-electron chi connectivity index (χ4n) is 2.68. The Morgan fingerprint density at radius 3 is 2.47 bits per heavy atom. The van der Waals surface area contributed by atoms with Gasteiger partial charge in [0.2, 0.25) is 0 Å². The molecule has 0 bridgehead atoms. The standard InChI is InChI=1S/C15H24N2O2/c1-19-14-4-2-12(3-5-14)10-17-8-6-13(7-9-17)15(16)11-18/h2-5,13,15,18H,6-11,16H2,1H3. The molecule has 106 valence electrons. The van der Waals surface area contributed by atoms with Gasteiger partial charge in [0.15, 0.2) is 0 Å². The highest BCUT2D eigenvalue weighted by Crippen LogP contribution is 2.21. The molecule has 0 saturated carbocycles. The molecule has 1 unspecified atom stereocenters. The smallest absolute Gasteiger partial charge is 0.118 e. The zero-order chi connectivity index (χ0) is 13.7. The maximum atomic E-state index is 9.09. The Hall–Kier alpha value is -1.10. The van der Waals surface area contributed by atoms with Crippen LogP contribution in [0.4, 0.5) is 0 Å². The fourth-order valence-corrected chi connectivity index (χ4v) is 2.68. The summed E-state index contributed by atoms with van der Waals surface area (Å²) in [5, 5.41) is 9.09. The van der Waals surface area contributed by atoms with E-state index in [9.17, 15) is 0 Å². The number of methoxy groups -OCH3 is 1. The van der Waals surface area contributed by atoms with Crippen molar-refractivity contribution in [2.45, 2.75) is 25.4 Å². The van der Waals surface area contributed by atoms with E-state index in [0.29, 0.717) is 5.92 Å². The summed E-state index contributed by atoms with van der Waals surface area (Å²) in [4.78, 5) is 2.45. The van der Waals surface area contributed by atoms with E-state index >= 15 is 0 Å². The van der Waals surface area contributed by atoms with Crippen molar-refractivity contribution in [3.05, 3.63) is 29.8 Å². The highest BCUT2D eigenvalue weighted by molar-refractivity contribution is 5.27. The first-order valence-corrected chi connectivity index (χ1v) is 6.94. The largest absolute Gasteiger partial charge is 0.497 e. The van der Waals surface area contributed by atoms with Crippen molar-refractivity contribution in [3.8, 4) is 5.75 Å². The van der Waals surface area contributed by atoms with E-state index in [4.69, 9.17) is 15.6 Å². The van der Waals surface area contributed by atoms with Crippen LogP contribution < -0.4 is 10.5 Å². The highest BCUT2D eigenvalue weighted by Gasteiger charge is 2.23. The first-order valence-electron chi connectivity index (χ1n) is 6.94. The van der Waals surface area contributed by atoms with E-state index in [0.717, 1.165) is 38.2 Å². The zero-order valence-corrected chi connectivity index (χ0v) is 11.6. The van der Waals surface area contributed by atoms with Gasteiger partial charge in [-0.25, -0.2) is 0 Å². The van der Waals surface area contributed by atoms with E-state index in [2.05, 4.69) is 17.0 Å². The van der Waals surface area contributed by atoms with Gasteiger partial charge in [0.25, 0.3) is 0 Å². The third-order valence-electron chi connectivity index (χ3n) is 4.01. The number of benzene rings is 1. The number of nitrogens with two attached hydrogens (primary N) is 1. The molecule has 1 heterocycles. The van der Waals surface area contributed by atoms with Crippen molar-refractivity contribution in [3.63, 3.8) is 0 Å². The molecule has 1 aliphatic rings. The summed E-state index contributed by atoms with van der Waals surface area (Å²) in [7, 11) is 1.68. The summed E-state index contributed by atoms with van der Waals surface area (Å²) in [6, 6.07) is 8.19. The highest BCUT2D eigenvalue weighted by atomic mass is 16.5. The molecule has 1 aromatic rings. The Balaban J connectivity index is 1.81. The lowest BCUT2D eigenvalue weighted by molar-refractivity contribution is 0.136. The predicted molar refractivity (Wildman–Crippen MR) is 76.1 cm³/mol. The van der Waals surface area contributed by atoms with Gasteiger partial charge in [-0.2, -0.15) is 0 Å². The lowest BCUT2D eigenvalue weighted by Crippen LogP contribution is -2.42. The fraction of sp³-hybridized carbons (Fsp3) is 0.600. The van der Waals surface area contributed by atoms with E-state index in [1.807, 2.05) is 12.1 Å². The Labute approximate surface area is 115 Å². The number of hydrogen-bond acceptors (Lipinski definition) is 4. The first kappa shape index (κ1) is 14.3. The zero-order valence-electron chi connectivity index (χ0n) is 11.6. The van der Waals surface area contributed by atoms with Crippen LogP contribution in [0.3, 0.4) is 0 Å². The van der Waals surface area contributed by atoms with Gasteiger partial charge in [0.1, 0.15) is 5.75 Å². The van der Waals surface area contributed by atoms with Crippen LogP contribution in [0.5, 0.6) is 5.75 Å². The van der Waals surface area contributed by atoms with E-state index in [-0.39, 0.29) is 12.6 Å².